The Bertz CT molecular complexity index is 273. The first-order valence-electron chi connectivity index (χ1n) is 6.85. The molecule has 0 N–H and O–H groups in total. The second-order valence-corrected chi connectivity index (χ2v) is 6.16. The lowest BCUT2D eigenvalue weighted by molar-refractivity contribution is -0.118. The van der Waals surface area contributed by atoms with Gasteiger partial charge in [-0.1, -0.05) is 12.8 Å². The minimum atomic E-state index is -0.0496. The van der Waals surface area contributed by atoms with Crippen molar-refractivity contribution in [1.29, 1.82) is 0 Å². The van der Waals surface area contributed by atoms with Gasteiger partial charge >= 0.3 is 0 Å². The number of aldehydes is 1. The molecule has 3 nitrogen and oxygen atoms in total. The molecule has 2 aliphatic rings. The predicted octanol–water partition coefficient (Wildman–Crippen LogP) is 2.25. The van der Waals surface area contributed by atoms with Crippen molar-refractivity contribution in [3.05, 3.63) is 0 Å². The van der Waals surface area contributed by atoms with Gasteiger partial charge in [-0.15, -0.1) is 0 Å². The van der Waals surface area contributed by atoms with Crippen LogP contribution in [0.4, 0.5) is 0 Å². The highest BCUT2D eigenvalue weighted by Gasteiger charge is 2.38. The van der Waals surface area contributed by atoms with Crippen LogP contribution < -0.4 is 0 Å². The molecule has 0 aromatic rings. The van der Waals surface area contributed by atoms with Crippen LogP contribution in [0.15, 0.2) is 0 Å². The molecule has 1 aliphatic heterocycles. The summed E-state index contributed by atoms with van der Waals surface area (Å²) < 4.78 is 5.61. The van der Waals surface area contributed by atoms with E-state index in [2.05, 4.69) is 11.8 Å². The van der Waals surface area contributed by atoms with E-state index in [1.165, 1.54) is 25.5 Å². The van der Waals surface area contributed by atoms with E-state index in [1.807, 2.05) is 0 Å². The van der Waals surface area contributed by atoms with Gasteiger partial charge in [0, 0.05) is 25.6 Å². The van der Waals surface area contributed by atoms with Crippen molar-refractivity contribution in [1.82, 2.24) is 4.90 Å². The summed E-state index contributed by atoms with van der Waals surface area (Å²) in [5.74, 6) is 0. The number of carbonyl (C=O) groups is 1. The molecule has 0 amide bonds. The Balaban J connectivity index is 1.96. The summed E-state index contributed by atoms with van der Waals surface area (Å²) >= 11 is 0. The molecular formula is C14H25NO2. The summed E-state index contributed by atoms with van der Waals surface area (Å²) in [5, 5.41) is 0. The molecule has 0 aromatic carbocycles. The highest BCUT2D eigenvalue weighted by atomic mass is 16.5. The van der Waals surface area contributed by atoms with Crippen molar-refractivity contribution < 1.29 is 9.53 Å². The molecule has 0 aromatic heterocycles. The summed E-state index contributed by atoms with van der Waals surface area (Å²) in [5.41, 5.74) is -0.0626. The number of piperidine rings is 1. The van der Waals surface area contributed by atoms with Crippen LogP contribution in [0.5, 0.6) is 0 Å². The first kappa shape index (κ1) is 13.0. The summed E-state index contributed by atoms with van der Waals surface area (Å²) in [6.45, 7) is 5.21. The molecular weight excluding hydrogens is 214 g/mol. The fraction of sp³-hybridized carbons (Fsp3) is 0.929. The van der Waals surface area contributed by atoms with E-state index in [0.29, 0.717) is 0 Å². The van der Waals surface area contributed by atoms with Gasteiger partial charge in [-0.25, -0.2) is 0 Å². The average Bonchev–Trinajstić information content (AvgIpc) is 2.78. The third kappa shape index (κ3) is 2.89. The molecule has 98 valence electrons. The van der Waals surface area contributed by atoms with E-state index in [-0.39, 0.29) is 11.0 Å². The maximum absolute atomic E-state index is 11.4. The number of rotatable bonds is 4. The van der Waals surface area contributed by atoms with E-state index in [4.69, 9.17) is 4.74 Å². The summed E-state index contributed by atoms with van der Waals surface area (Å²) in [4.78, 5) is 13.8. The topological polar surface area (TPSA) is 29.5 Å². The van der Waals surface area contributed by atoms with Gasteiger partial charge in [-0.05, 0) is 39.2 Å². The number of hydrogen-bond acceptors (Lipinski definition) is 3. The first-order valence-corrected chi connectivity index (χ1v) is 6.85. The third-order valence-corrected chi connectivity index (χ3v) is 4.62. The zero-order valence-corrected chi connectivity index (χ0v) is 11.2. The Hall–Kier alpha value is -0.410. The second-order valence-electron chi connectivity index (χ2n) is 6.16. The monoisotopic (exact) mass is 239 g/mol. The molecule has 1 saturated carbocycles. The highest BCUT2D eigenvalue weighted by Crippen LogP contribution is 2.38. The average molecular weight is 239 g/mol. The molecule has 3 heteroatoms. The number of likely N-dealkylation sites (tertiary alicyclic amines) is 1. The zero-order chi connectivity index (χ0) is 12.4. The standard InChI is InChI=1S/C14H25NO2/c1-13(17-2)6-5-9-15(10-13)11-14(12-16)7-3-4-8-14/h12H,3-11H2,1-2H3. The molecule has 1 heterocycles. The Morgan fingerprint density at radius 2 is 1.94 bits per heavy atom. The quantitative estimate of drug-likeness (QED) is 0.705. The molecule has 2 rings (SSSR count). The Morgan fingerprint density at radius 1 is 1.24 bits per heavy atom. The molecule has 0 spiro atoms. The van der Waals surface area contributed by atoms with Gasteiger partial charge < -0.3 is 9.53 Å². The highest BCUT2D eigenvalue weighted by molar-refractivity contribution is 5.60. The molecule has 1 aliphatic carbocycles. The van der Waals surface area contributed by atoms with Gasteiger partial charge in [0.15, 0.2) is 0 Å². The van der Waals surface area contributed by atoms with Crippen molar-refractivity contribution in [2.45, 2.75) is 51.0 Å². The Morgan fingerprint density at radius 3 is 2.53 bits per heavy atom. The molecule has 0 bridgehead atoms. The lowest BCUT2D eigenvalue weighted by Crippen LogP contribution is -2.50. The fourth-order valence-corrected chi connectivity index (χ4v) is 3.45. The Kier molecular flexibility index (Phi) is 3.88. The largest absolute Gasteiger partial charge is 0.377 e. The number of carbonyl (C=O) groups excluding carboxylic acids is 1. The molecule has 1 atom stereocenters. The number of methoxy groups -OCH3 is 1. The first-order chi connectivity index (χ1) is 8.11. The van der Waals surface area contributed by atoms with Crippen molar-refractivity contribution >= 4 is 6.29 Å². The van der Waals surface area contributed by atoms with E-state index in [9.17, 15) is 4.79 Å². The van der Waals surface area contributed by atoms with Gasteiger partial charge in [0.25, 0.3) is 0 Å². The summed E-state index contributed by atoms with van der Waals surface area (Å²) in [6, 6.07) is 0. The van der Waals surface area contributed by atoms with Crippen LogP contribution in [0, 0.1) is 5.41 Å². The van der Waals surface area contributed by atoms with E-state index >= 15 is 0 Å². The number of ether oxygens (including phenoxy) is 1. The van der Waals surface area contributed by atoms with Crippen LogP contribution in [-0.2, 0) is 9.53 Å². The molecule has 1 saturated heterocycles. The number of nitrogens with zero attached hydrogens (tertiary/aromatic N) is 1. The van der Waals surface area contributed by atoms with Gasteiger partial charge in [0.05, 0.1) is 5.60 Å². The molecule has 0 radical (unpaired) electrons. The minimum absolute atomic E-state index is 0.0130. The second kappa shape index (κ2) is 5.07. The number of hydrogen-bond donors (Lipinski definition) is 0. The SMILES string of the molecule is COC1(C)CCCN(CC2(C=O)CCCC2)C1. The van der Waals surface area contributed by atoms with Gasteiger partial charge in [0.2, 0.25) is 0 Å². The van der Waals surface area contributed by atoms with Crippen LogP contribution in [-0.4, -0.2) is 43.5 Å². The molecule has 2 fully saturated rings. The lowest BCUT2D eigenvalue weighted by atomic mass is 9.85. The van der Waals surface area contributed by atoms with Crippen molar-refractivity contribution in [2.75, 3.05) is 26.7 Å². The molecule has 17 heavy (non-hydrogen) atoms. The maximum Gasteiger partial charge on any atom is 0.127 e. The summed E-state index contributed by atoms with van der Waals surface area (Å²) in [7, 11) is 1.80. The van der Waals surface area contributed by atoms with Crippen molar-refractivity contribution in [2.24, 2.45) is 5.41 Å². The Labute approximate surface area is 105 Å². The van der Waals surface area contributed by atoms with Crippen LogP contribution in [0.2, 0.25) is 0 Å². The minimum Gasteiger partial charge on any atom is -0.377 e. The van der Waals surface area contributed by atoms with Crippen LogP contribution in [0.3, 0.4) is 0 Å². The van der Waals surface area contributed by atoms with E-state index in [1.54, 1.807) is 7.11 Å². The van der Waals surface area contributed by atoms with Crippen molar-refractivity contribution in [3.63, 3.8) is 0 Å². The van der Waals surface area contributed by atoms with Gasteiger partial charge in [0.1, 0.15) is 6.29 Å². The zero-order valence-electron chi connectivity index (χ0n) is 11.2. The normalized spacial score (nSPS) is 33.8. The van der Waals surface area contributed by atoms with Crippen molar-refractivity contribution in [3.8, 4) is 0 Å². The maximum atomic E-state index is 11.4. The van der Waals surface area contributed by atoms with Crippen LogP contribution >= 0.6 is 0 Å². The van der Waals surface area contributed by atoms with Gasteiger partial charge in [-0.2, -0.15) is 0 Å². The smallest absolute Gasteiger partial charge is 0.127 e. The van der Waals surface area contributed by atoms with Gasteiger partial charge in [-0.3, -0.25) is 4.90 Å². The van der Waals surface area contributed by atoms with Crippen LogP contribution in [0.25, 0.3) is 0 Å². The predicted molar refractivity (Wildman–Crippen MR) is 68.1 cm³/mol. The van der Waals surface area contributed by atoms with Crippen LogP contribution in [0.1, 0.15) is 45.4 Å². The lowest BCUT2D eigenvalue weighted by Gasteiger charge is -2.42. The third-order valence-electron chi connectivity index (χ3n) is 4.62. The molecule has 1 unspecified atom stereocenters. The summed E-state index contributed by atoms with van der Waals surface area (Å²) in [6.07, 6.45) is 8.13. The fourth-order valence-electron chi connectivity index (χ4n) is 3.45. The van der Waals surface area contributed by atoms with E-state index < -0.39 is 0 Å². The van der Waals surface area contributed by atoms with E-state index in [0.717, 1.165) is 38.9 Å².